The minimum Gasteiger partial charge on any atom is -0.392 e. The second-order valence-corrected chi connectivity index (χ2v) is 9.37. The zero-order chi connectivity index (χ0) is 24.9. The smallest absolute Gasteiger partial charge is 0.229 e. The van der Waals surface area contributed by atoms with Crippen LogP contribution in [0.1, 0.15) is 45.9 Å². The molecule has 2 aliphatic heterocycles. The van der Waals surface area contributed by atoms with Crippen molar-refractivity contribution in [1.29, 1.82) is 0 Å². The molecule has 35 heavy (non-hydrogen) atoms. The van der Waals surface area contributed by atoms with Crippen molar-refractivity contribution in [1.82, 2.24) is 24.8 Å². The van der Waals surface area contributed by atoms with E-state index in [1.165, 1.54) is 0 Å². The first-order valence-corrected chi connectivity index (χ1v) is 12.1. The molecule has 4 N–H and O–H groups in total. The molecule has 2 aliphatic rings. The number of aliphatic hydroxyl groups is 2. The van der Waals surface area contributed by atoms with Gasteiger partial charge in [-0.15, -0.1) is 10.2 Å². The molecule has 4 heterocycles. The number of fused-ring (bicyclic) bond motifs is 1. The molecule has 0 amide bonds. The van der Waals surface area contributed by atoms with Gasteiger partial charge in [0.1, 0.15) is 11.4 Å². The lowest BCUT2D eigenvalue weighted by Gasteiger charge is -2.36. The number of aliphatic hydroxyl groups excluding tert-OH is 2. The molecule has 2 aromatic heterocycles. The number of rotatable bonds is 6. The van der Waals surface area contributed by atoms with Crippen molar-refractivity contribution >= 4 is 34.3 Å². The first kappa shape index (κ1) is 25.0. The summed E-state index contributed by atoms with van der Waals surface area (Å²) in [5.41, 5.74) is 1.23. The number of nitrogens with one attached hydrogen (secondary N) is 2. The zero-order valence-electron chi connectivity index (χ0n) is 20.8. The molecular weight excluding hydrogens is 446 g/mol. The maximum atomic E-state index is 10.0. The Balaban J connectivity index is 1.50. The van der Waals surface area contributed by atoms with Crippen LogP contribution in [0.25, 0.3) is 10.9 Å². The van der Waals surface area contributed by atoms with E-state index in [1.807, 2.05) is 32.9 Å². The number of anilines is 2. The summed E-state index contributed by atoms with van der Waals surface area (Å²) in [5.74, 6) is 2.48. The minimum atomic E-state index is -0.691. The topological polar surface area (TPSA) is 134 Å². The van der Waals surface area contributed by atoms with Crippen LogP contribution in [0.4, 0.5) is 11.8 Å². The molecule has 11 nitrogen and oxygen atoms in total. The van der Waals surface area contributed by atoms with Crippen LogP contribution in [0.3, 0.4) is 0 Å². The lowest BCUT2D eigenvalue weighted by atomic mass is 10.2. The van der Waals surface area contributed by atoms with E-state index < -0.39 is 6.10 Å². The number of hydrogen-bond donors (Lipinski definition) is 4. The van der Waals surface area contributed by atoms with E-state index in [2.05, 4.69) is 45.6 Å². The van der Waals surface area contributed by atoms with Crippen LogP contribution in [0.15, 0.2) is 34.6 Å². The van der Waals surface area contributed by atoms with Gasteiger partial charge < -0.3 is 25.7 Å². The standard InChI is InChI=1S/C24H35N9O2/c1-15(2)26-23-22-18(12-19(27-23)17(4)35)13-25-24(29-22)28-20-6-5-7-21(31-30-20)33-10-8-32(9-11-33)14-16(3)34/h5-6,12-13,15-17,34-35H,7-11,14H2,1-4H3,(H,26,27)(H,25,28,29,30). The van der Waals surface area contributed by atoms with Crippen molar-refractivity contribution in [2.24, 2.45) is 10.2 Å². The van der Waals surface area contributed by atoms with Gasteiger partial charge in [-0.05, 0) is 39.8 Å². The zero-order valence-corrected chi connectivity index (χ0v) is 20.8. The Hall–Kier alpha value is -3.15. The summed E-state index contributed by atoms with van der Waals surface area (Å²) in [4.78, 5) is 18.2. The summed E-state index contributed by atoms with van der Waals surface area (Å²) in [5, 5.41) is 35.8. The fraction of sp³-hybridized carbons (Fsp3) is 0.542. The number of piperazine rings is 1. The summed E-state index contributed by atoms with van der Waals surface area (Å²) < 4.78 is 0. The number of amidine groups is 2. The van der Waals surface area contributed by atoms with Crippen LogP contribution in [0.2, 0.25) is 0 Å². The third-order valence-electron chi connectivity index (χ3n) is 5.79. The predicted molar refractivity (Wildman–Crippen MR) is 139 cm³/mol. The molecular formula is C24H35N9O2. The van der Waals surface area contributed by atoms with Crippen LogP contribution in [0, 0.1) is 0 Å². The van der Waals surface area contributed by atoms with Crippen LogP contribution >= 0.6 is 0 Å². The molecule has 2 unspecified atom stereocenters. The first-order valence-electron chi connectivity index (χ1n) is 12.1. The molecule has 188 valence electrons. The lowest BCUT2D eigenvalue weighted by Crippen LogP contribution is -2.50. The van der Waals surface area contributed by atoms with Gasteiger partial charge in [0, 0.05) is 56.8 Å². The Morgan fingerprint density at radius 1 is 1.03 bits per heavy atom. The second-order valence-electron chi connectivity index (χ2n) is 9.37. The third-order valence-corrected chi connectivity index (χ3v) is 5.79. The van der Waals surface area contributed by atoms with Gasteiger partial charge in [-0.1, -0.05) is 6.08 Å². The molecule has 4 rings (SSSR count). The average molecular weight is 482 g/mol. The molecule has 0 saturated carbocycles. The van der Waals surface area contributed by atoms with Gasteiger partial charge in [0.15, 0.2) is 11.7 Å². The van der Waals surface area contributed by atoms with E-state index >= 15 is 0 Å². The first-order chi connectivity index (χ1) is 16.8. The van der Waals surface area contributed by atoms with Crippen LogP contribution in [-0.4, -0.2) is 91.5 Å². The van der Waals surface area contributed by atoms with Gasteiger partial charge in [0.25, 0.3) is 0 Å². The minimum absolute atomic E-state index is 0.150. The molecule has 0 bridgehead atoms. The van der Waals surface area contributed by atoms with Crippen molar-refractivity contribution in [2.45, 2.75) is 52.4 Å². The highest BCUT2D eigenvalue weighted by Gasteiger charge is 2.21. The molecule has 1 saturated heterocycles. The Morgan fingerprint density at radius 2 is 1.80 bits per heavy atom. The van der Waals surface area contributed by atoms with E-state index in [-0.39, 0.29) is 12.1 Å². The van der Waals surface area contributed by atoms with Crippen molar-refractivity contribution < 1.29 is 10.2 Å². The summed E-state index contributed by atoms with van der Waals surface area (Å²) in [6.07, 6.45) is 5.32. The van der Waals surface area contributed by atoms with Crippen molar-refractivity contribution in [3.8, 4) is 0 Å². The summed E-state index contributed by atoms with van der Waals surface area (Å²) >= 11 is 0. The molecule has 0 radical (unpaired) electrons. The van der Waals surface area contributed by atoms with E-state index in [9.17, 15) is 10.2 Å². The number of hydrogen-bond acceptors (Lipinski definition) is 11. The van der Waals surface area contributed by atoms with E-state index in [0.29, 0.717) is 41.8 Å². The SMILES string of the molecule is CC(O)CN1CCN(C2=NN=C(Nc3ncc4cc(C(C)O)nc(NC(C)C)c4n3)C=CC2)CC1. The number of aromatic nitrogens is 3. The van der Waals surface area contributed by atoms with E-state index in [0.717, 1.165) is 37.4 Å². The van der Waals surface area contributed by atoms with Gasteiger partial charge >= 0.3 is 0 Å². The van der Waals surface area contributed by atoms with Crippen LogP contribution < -0.4 is 10.6 Å². The average Bonchev–Trinajstić information content (AvgIpc) is 3.04. The monoisotopic (exact) mass is 481 g/mol. The summed E-state index contributed by atoms with van der Waals surface area (Å²) in [6, 6.07) is 1.95. The Bertz CT molecular complexity index is 1120. The number of nitrogens with zero attached hydrogens (tertiary/aromatic N) is 7. The maximum Gasteiger partial charge on any atom is 0.229 e. The molecule has 1 fully saturated rings. The number of pyridine rings is 1. The normalized spacial score (nSPS) is 18.8. The Morgan fingerprint density at radius 3 is 2.49 bits per heavy atom. The molecule has 0 spiro atoms. The van der Waals surface area contributed by atoms with Crippen LogP contribution in [0.5, 0.6) is 0 Å². The lowest BCUT2D eigenvalue weighted by molar-refractivity contribution is 0.100. The second kappa shape index (κ2) is 11.1. The van der Waals surface area contributed by atoms with Crippen molar-refractivity contribution in [3.05, 3.63) is 30.1 Å². The largest absolute Gasteiger partial charge is 0.392 e. The van der Waals surface area contributed by atoms with Crippen molar-refractivity contribution in [2.75, 3.05) is 43.4 Å². The van der Waals surface area contributed by atoms with Gasteiger partial charge in [-0.3, -0.25) is 4.90 Å². The van der Waals surface area contributed by atoms with Crippen molar-refractivity contribution in [3.63, 3.8) is 0 Å². The van der Waals surface area contributed by atoms with E-state index in [1.54, 1.807) is 19.2 Å². The predicted octanol–water partition coefficient (Wildman–Crippen LogP) is 1.98. The maximum absolute atomic E-state index is 10.0. The highest BCUT2D eigenvalue weighted by atomic mass is 16.3. The molecule has 0 aromatic carbocycles. The molecule has 2 aromatic rings. The summed E-state index contributed by atoms with van der Waals surface area (Å²) in [6.45, 7) is 11.8. The fourth-order valence-electron chi connectivity index (χ4n) is 4.11. The summed E-state index contributed by atoms with van der Waals surface area (Å²) in [7, 11) is 0. The van der Waals surface area contributed by atoms with E-state index in [4.69, 9.17) is 0 Å². The quantitative estimate of drug-likeness (QED) is 0.488. The highest BCUT2D eigenvalue weighted by molar-refractivity contribution is 6.04. The third kappa shape index (κ3) is 6.50. The molecule has 0 aliphatic carbocycles. The van der Waals surface area contributed by atoms with Crippen LogP contribution in [-0.2, 0) is 0 Å². The Kier molecular flexibility index (Phi) is 7.89. The van der Waals surface area contributed by atoms with Gasteiger partial charge in [0.05, 0.1) is 17.9 Å². The van der Waals surface area contributed by atoms with Gasteiger partial charge in [-0.2, -0.15) is 0 Å². The number of β-amino-alcohol motifs (C(OH)–C–C–N with tert-alkyl or cyclic N) is 1. The molecule has 11 heteroatoms. The van der Waals surface area contributed by atoms with Gasteiger partial charge in [-0.25, -0.2) is 15.0 Å². The van der Waals surface area contributed by atoms with Gasteiger partial charge in [0.2, 0.25) is 5.95 Å². The fourth-order valence-corrected chi connectivity index (χ4v) is 4.11. The molecule has 2 atom stereocenters. The Labute approximate surface area is 205 Å². The highest BCUT2D eigenvalue weighted by Crippen LogP contribution is 2.25.